The van der Waals surface area contributed by atoms with Crippen LogP contribution in [-0.4, -0.2) is 89.1 Å². The van der Waals surface area contributed by atoms with Gasteiger partial charge in [0.2, 0.25) is 10.0 Å². The number of rotatable bonds is 5. The summed E-state index contributed by atoms with van der Waals surface area (Å²) in [6, 6.07) is 0.0808. The summed E-state index contributed by atoms with van der Waals surface area (Å²) in [5.74, 6) is 0.534. The SMILES string of the molecule is CS(=O)(=O)N1CCN(CCNC2CCS(=O)(=O)C2)CC1. The molecule has 2 rings (SSSR count). The largest absolute Gasteiger partial charge is 0.312 e. The van der Waals surface area contributed by atoms with Gasteiger partial charge in [0.05, 0.1) is 17.8 Å². The summed E-state index contributed by atoms with van der Waals surface area (Å²) >= 11 is 0. The van der Waals surface area contributed by atoms with Gasteiger partial charge in [-0.15, -0.1) is 0 Å². The zero-order valence-electron chi connectivity index (χ0n) is 11.8. The van der Waals surface area contributed by atoms with Gasteiger partial charge in [-0.05, 0) is 6.42 Å². The van der Waals surface area contributed by atoms with Crippen molar-refractivity contribution in [2.45, 2.75) is 12.5 Å². The molecule has 0 aromatic heterocycles. The molecule has 2 aliphatic heterocycles. The lowest BCUT2D eigenvalue weighted by Gasteiger charge is -2.33. The summed E-state index contributed by atoms with van der Waals surface area (Å²) < 4.78 is 46.9. The number of nitrogens with zero attached hydrogens (tertiary/aromatic N) is 2. The maximum absolute atomic E-state index is 11.4. The Morgan fingerprint density at radius 2 is 1.85 bits per heavy atom. The van der Waals surface area contributed by atoms with Crippen LogP contribution in [0.25, 0.3) is 0 Å². The number of sulfonamides is 1. The normalized spacial score (nSPS) is 28.8. The molecule has 0 aromatic rings. The monoisotopic (exact) mass is 325 g/mol. The minimum absolute atomic E-state index is 0.0808. The Kier molecular flexibility index (Phi) is 5.06. The van der Waals surface area contributed by atoms with E-state index in [0.717, 1.165) is 26.2 Å². The summed E-state index contributed by atoms with van der Waals surface area (Å²) in [5, 5.41) is 3.27. The van der Waals surface area contributed by atoms with E-state index in [2.05, 4.69) is 10.2 Å². The van der Waals surface area contributed by atoms with Crippen molar-refractivity contribution >= 4 is 19.9 Å². The molecule has 0 aromatic carbocycles. The summed E-state index contributed by atoms with van der Waals surface area (Å²) in [5.41, 5.74) is 0. The van der Waals surface area contributed by atoms with Gasteiger partial charge in [0.25, 0.3) is 0 Å². The third-order valence-corrected chi connectivity index (χ3v) is 6.96. The van der Waals surface area contributed by atoms with Gasteiger partial charge in [0, 0.05) is 45.3 Å². The van der Waals surface area contributed by atoms with E-state index in [0.29, 0.717) is 19.5 Å². The fourth-order valence-corrected chi connectivity index (χ4v) is 5.20. The Bertz CT molecular complexity index is 524. The van der Waals surface area contributed by atoms with Crippen LogP contribution in [0.3, 0.4) is 0 Å². The topological polar surface area (TPSA) is 86.8 Å². The van der Waals surface area contributed by atoms with Crippen LogP contribution in [-0.2, 0) is 19.9 Å². The fourth-order valence-electron chi connectivity index (χ4n) is 2.67. The van der Waals surface area contributed by atoms with Crippen molar-refractivity contribution in [1.82, 2.24) is 14.5 Å². The first kappa shape index (κ1) is 16.2. The minimum atomic E-state index is -3.07. The third-order valence-electron chi connectivity index (χ3n) is 3.89. The van der Waals surface area contributed by atoms with Crippen molar-refractivity contribution in [1.29, 1.82) is 0 Å². The summed E-state index contributed by atoms with van der Waals surface area (Å²) in [6.45, 7) is 4.12. The molecule has 0 aliphatic carbocycles. The van der Waals surface area contributed by atoms with E-state index in [4.69, 9.17) is 0 Å². The lowest BCUT2D eigenvalue weighted by molar-refractivity contribution is 0.188. The number of hydrogen-bond acceptors (Lipinski definition) is 6. The Morgan fingerprint density at radius 1 is 1.20 bits per heavy atom. The van der Waals surface area contributed by atoms with Crippen molar-refractivity contribution in [3.05, 3.63) is 0 Å². The first-order valence-corrected chi connectivity index (χ1v) is 10.5. The summed E-state index contributed by atoms with van der Waals surface area (Å²) in [7, 11) is -5.90. The van der Waals surface area contributed by atoms with E-state index in [1.54, 1.807) is 0 Å². The second kappa shape index (κ2) is 6.27. The van der Waals surface area contributed by atoms with E-state index >= 15 is 0 Å². The first-order chi connectivity index (χ1) is 9.26. The van der Waals surface area contributed by atoms with Gasteiger partial charge < -0.3 is 5.32 Å². The molecule has 0 amide bonds. The molecule has 1 unspecified atom stereocenters. The average molecular weight is 325 g/mol. The summed E-state index contributed by atoms with van der Waals surface area (Å²) in [4.78, 5) is 2.21. The summed E-state index contributed by atoms with van der Waals surface area (Å²) in [6.07, 6.45) is 1.94. The average Bonchev–Trinajstić information content (AvgIpc) is 2.68. The van der Waals surface area contributed by atoms with E-state index < -0.39 is 19.9 Å². The zero-order chi connectivity index (χ0) is 14.8. The quantitative estimate of drug-likeness (QED) is 0.651. The predicted molar refractivity (Wildman–Crippen MR) is 77.9 cm³/mol. The van der Waals surface area contributed by atoms with Crippen LogP contribution < -0.4 is 5.32 Å². The number of sulfone groups is 1. The first-order valence-electron chi connectivity index (χ1n) is 6.87. The maximum Gasteiger partial charge on any atom is 0.211 e. The van der Waals surface area contributed by atoms with E-state index in [1.807, 2.05) is 0 Å². The Hall–Kier alpha value is -0.220. The van der Waals surface area contributed by atoms with E-state index in [1.165, 1.54) is 10.6 Å². The molecule has 2 fully saturated rings. The predicted octanol–water partition coefficient (Wildman–Crippen LogP) is -1.66. The highest BCUT2D eigenvalue weighted by Gasteiger charge is 2.27. The molecule has 2 aliphatic rings. The second-order valence-corrected chi connectivity index (χ2v) is 9.77. The molecule has 0 saturated carbocycles. The van der Waals surface area contributed by atoms with Gasteiger partial charge in [0.1, 0.15) is 0 Å². The molecule has 20 heavy (non-hydrogen) atoms. The third kappa shape index (κ3) is 4.66. The van der Waals surface area contributed by atoms with Crippen LogP contribution >= 0.6 is 0 Å². The number of nitrogens with one attached hydrogen (secondary N) is 1. The van der Waals surface area contributed by atoms with Crippen LogP contribution in [0.15, 0.2) is 0 Å². The Balaban J connectivity index is 1.65. The van der Waals surface area contributed by atoms with Gasteiger partial charge in [-0.3, -0.25) is 4.90 Å². The van der Waals surface area contributed by atoms with Crippen LogP contribution in [0.1, 0.15) is 6.42 Å². The highest BCUT2D eigenvalue weighted by Crippen LogP contribution is 2.11. The molecule has 118 valence electrons. The maximum atomic E-state index is 11.4. The van der Waals surface area contributed by atoms with Gasteiger partial charge in [-0.25, -0.2) is 16.8 Å². The van der Waals surface area contributed by atoms with E-state index in [9.17, 15) is 16.8 Å². The van der Waals surface area contributed by atoms with Crippen molar-refractivity contribution < 1.29 is 16.8 Å². The highest BCUT2D eigenvalue weighted by molar-refractivity contribution is 7.91. The standard InChI is InChI=1S/C11H23N3O4S2/c1-19(15,16)14-7-5-13(6-8-14)4-3-12-11-2-9-20(17,18)10-11/h11-12H,2-10H2,1H3. The van der Waals surface area contributed by atoms with Crippen molar-refractivity contribution in [3.63, 3.8) is 0 Å². The van der Waals surface area contributed by atoms with Crippen molar-refractivity contribution in [3.8, 4) is 0 Å². The van der Waals surface area contributed by atoms with Gasteiger partial charge in [-0.1, -0.05) is 0 Å². The number of piperazine rings is 1. The molecular formula is C11H23N3O4S2. The van der Waals surface area contributed by atoms with Gasteiger partial charge in [0.15, 0.2) is 9.84 Å². The molecule has 9 heteroatoms. The molecule has 2 saturated heterocycles. The molecule has 1 N–H and O–H groups in total. The van der Waals surface area contributed by atoms with Crippen LogP contribution in [0.4, 0.5) is 0 Å². The van der Waals surface area contributed by atoms with Gasteiger partial charge in [-0.2, -0.15) is 4.31 Å². The zero-order valence-corrected chi connectivity index (χ0v) is 13.4. The molecule has 0 radical (unpaired) electrons. The Labute approximate surface area is 121 Å². The Morgan fingerprint density at radius 3 is 2.35 bits per heavy atom. The van der Waals surface area contributed by atoms with Crippen LogP contribution in [0.2, 0.25) is 0 Å². The van der Waals surface area contributed by atoms with Crippen molar-refractivity contribution in [2.24, 2.45) is 0 Å². The smallest absolute Gasteiger partial charge is 0.211 e. The van der Waals surface area contributed by atoms with E-state index in [-0.39, 0.29) is 17.5 Å². The highest BCUT2D eigenvalue weighted by atomic mass is 32.2. The minimum Gasteiger partial charge on any atom is -0.312 e. The van der Waals surface area contributed by atoms with Crippen LogP contribution in [0, 0.1) is 0 Å². The van der Waals surface area contributed by atoms with Crippen molar-refractivity contribution in [2.75, 3.05) is 57.0 Å². The molecule has 7 nitrogen and oxygen atoms in total. The van der Waals surface area contributed by atoms with Crippen LogP contribution in [0.5, 0.6) is 0 Å². The molecule has 0 bridgehead atoms. The fraction of sp³-hybridized carbons (Fsp3) is 1.00. The number of hydrogen-bond donors (Lipinski definition) is 1. The van der Waals surface area contributed by atoms with Gasteiger partial charge >= 0.3 is 0 Å². The molecule has 2 heterocycles. The lowest BCUT2D eigenvalue weighted by atomic mass is 10.2. The molecular weight excluding hydrogens is 302 g/mol. The molecule has 0 spiro atoms. The second-order valence-electron chi connectivity index (χ2n) is 5.56. The lowest BCUT2D eigenvalue weighted by Crippen LogP contribution is -2.50. The molecule has 1 atom stereocenters.